The van der Waals surface area contributed by atoms with E-state index in [1.807, 2.05) is 4.74 Å². The molecule has 0 N–H and O–H groups in total. The second-order valence-corrected chi connectivity index (χ2v) is 3.98. The minimum absolute atomic E-state index is 0. The molecule has 0 unspecified atom stereocenters. The molecule has 0 aliphatic carbocycles. The predicted molar refractivity (Wildman–Crippen MR) is 35.4 cm³/mol. The van der Waals surface area contributed by atoms with Crippen LogP contribution in [0, 0.1) is 0 Å². The van der Waals surface area contributed by atoms with Crippen LogP contribution < -0.4 is 18.9 Å². The van der Waals surface area contributed by atoms with Gasteiger partial charge < -0.3 is 9.52 Å². The van der Waals surface area contributed by atoms with E-state index in [1.54, 1.807) is 0 Å². The van der Waals surface area contributed by atoms with Gasteiger partial charge in [-0.1, -0.05) is 0 Å². The van der Waals surface area contributed by atoms with Gasteiger partial charge in [0.15, 0.2) is 15.9 Å². The first-order valence-electron chi connectivity index (χ1n) is 3.32. The Morgan fingerprint density at radius 1 is 0.947 bits per heavy atom. The van der Waals surface area contributed by atoms with Crippen LogP contribution in [0.25, 0.3) is 4.72 Å². The van der Waals surface area contributed by atoms with Gasteiger partial charge in [-0.2, -0.15) is 22.0 Å². The fourth-order valence-electron chi connectivity index (χ4n) is 0.403. The molecule has 108 valence electrons. The number of hydrogen-bond acceptors (Lipinski definition) is 4. The average Bonchev–Trinajstić information content (AvgIpc) is 1.95. The summed E-state index contributed by atoms with van der Waals surface area (Å²) in [6.07, 6.45) is -12.0. The normalized spacial score (nSPS) is 13.7. The van der Waals surface area contributed by atoms with Crippen molar-refractivity contribution in [3.05, 3.63) is 4.72 Å². The van der Waals surface area contributed by atoms with Crippen molar-refractivity contribution in [1.82, 2.24) is 0 Å². The number of ether oxygens (including phenoxy) is 1. The summed E-state index contributed by atoms with van der Waals surface area (Å²) in [5, 5.41) is 0. The van der Waals surface area contributed by atoms with E-state index in [0.717, 1.165) is 4.72 Å². The molecule has 0 bridgehead atoms. The first kappa shape index (κ1) is 20.7. The molecule has 15 heteroatoms. The number of rotatable bonds is 3. The number of halogens is 8. The number of amides is 1. The van der Waals surface area contributed by atoms with E-state index in [9.17, 15) is 48.3 Å². The fourth-order valence-corrected chi connectivity index (χ4v) is 0.831. The van der Waals surface area contributed by atoms with Crippen LogP contribution in [0.3, 0.4) is 0 Å². The average molecular weight is 317 g/mol. The van der Waals surface area contributed by atoms with Gasteiger partial charge in [-0.05, 0) is 0 Å². The molecular formula is C4F8LiNO4S. The molecule has 1 amide bonds. The van der Waals surface area contributed by atoms with Crippen molar-refractivity contribution in [2.45, 2.75) is 18.0 Å². The smallest absolute Gasteiger partial charge is 0.531 e. The zero-order chi connectivity index (χ0) is 15.0. The minimum Gasteiger partial charge on any atom is -0.531 e. The Bertz CT molecular complexity index is 427. The molecule has 0 radical (unpaired) electrons. The van der Waals surface area contributed by atoms with Gasteiger partial charge in [0, 0.05) is 0 Å². The van der Waals surface area contributed by atoms with Crippen molar-refractivity contribution in [2.24, 2.45) is 0 Å². The van der Waals surface area contributed by atoms with Gasteiger partial charge in [0.05, 0.1) is 0 Å². The van der Waals surface area contributed by atoms with Crippen molar-refractivity contribution in [3.63, 3.8) is 0 Å². The van der Waals surface area contributed by atoms with Crippen molar-refractivity contribution in [3.8, 4) is 0 Å². The number of nitrogens with zero attached hydrogens (tertiary/aromatic N) is 1. The Kier molecular flexibility index (Phi) is 6.34. The van der Waals surface area contributed by atoms with E-state index in [-0.39, 0.29) is 18.9 Å². The SMILES string of the molecule is O=C([N-]S(=O)(=O)C(F)(F)F)C(F)(F)OC(F)(F)F.[Li+]. The summed E-state index contributed by atoms with van der Waals surface area (Å²) in [6, 6.07) is 0. The third-order valence-corrected chi connectivity index (χ3v) is 1.98. The van der Waals surface area contributed by atoms with E-state index >= 15 is 0 Å². The molecule has 0 saturated heterocycles. The van der Waals surface area contributed by atoms with Gasteiger partial charge in [0.2, 0.25) is 0 Å². The van der Waals surface area contributed by atoms with E-state index in [1.165, 1.54) is 0 Å². The van der Waals surface area contributed by atoms with Gasteiger partial charge in [-0.25, -0.2) is 13.2 Å². The number of carbonyl (C=O) groups excluding carboxylic acids is 1. The van der Waals surface area contributed by atoms with Crippen molar-refractivity contribution in [1.29, 1.82) is 0 Å². The summed E-state index contributed by atoms with van der Waals surface area (Å²) in [5.41, 5.74) is -6.21. The molecule has 0 aliphatic heterocycles. The maximum absolute atomic E-state index is 12.2. The number of hydrogen-bond donors (Lipinski definition) is 0. The molecule has 0 aromatic rings. The summed E-state index contributed by atoms with van der Waals surface area (Å²) < 4.78 is 116. The molecule has 0 aliphatic rings. The van der Waals surface area contributed by atoms with Crippen LogP contribution in [0.2, 0.25) is 0 Å². The Morgan fingerprint density at radius 3 is 1.58 bits per heavy atom. The maximum atomic E-state index is 12.2. The molecule has 0 aromatic carbocycles. The molecule has 5 nitrogen and oxygen atoms in total. The Labute approximate surface area is 111 Å². The second-order valence-electron chi connectivity index (χ2n) is 2.38. The molecule has 0 rings (SSSR count). The Morgan fingerprint density at radius 2 is 1.32 bits per heavy atom. The third-order valence-electron chi connectivity index (χ3n) is 0.988. The molecule has 0 spiro atoms. The number of sulfonamides is 1. The zero-order valence-corrected chi connectivity index (χ0v) is 9.33. The van der Waals surface area contributed by atoms with Gasteiger partial charge in [0.25, 0.3) is 0 Å². The first-order chi connectivity index (χ1) is 7.58. The standard InChI is InChI=1S/C4HF8NO4S.Li/c5-2(6,17-3(7,8)9)1(14)13-18(15,16)4(10,11)12;/h(H,13,14);/q;+1/p-1. The van der Waals surface area contributed by atoms with Crippen molar-refractivity contribution in [2.75, 3.05) is 0 Å². The monoisotopic (exact) mass is 317 g/mol. The van der Waals surface area contributed by atoms with Gasteiger partial charge >= 0.3 is 36.8 Å². The maximum Gasteiger partial charge on any atom is 1.00 e. The summed E-state index contributed by atoms with van der Waals surface area (Å²) >= 11 is 0. The molecule has 0 heterocycles. The summed E-state index contributed by atoms with van der Waals surface area (Å²) in [5.74, 6) is -3.56. The molecule has 19 heavy (non-hydrogen) atoms. The summed E-state index contributed by atoms with van der Waals surface area (Å²) in [6.45, 7) is 0. The zero-order valence-electron chi connectivity index (χ0n) is 8.51. The number of carbonyl (C=O) groups is 1. The third kappa shape index (κ3) is 6.41. The molecule has 0 aromatic heterocycles. The minimum atomic E-state index is -6.69. The fraction of sp³-hybridized carbons (Fsp3) is 0.750. The van der Waals surface area contributed by atoms with Crippen LogP contribution in [0.1, 0.15) is 0 Å². The van der Waals surface area contributed by atoms with Crippen molar-refractivity contribution < 1.29 is 71.9 Å². The van der Waals surface area contributed by atoms with Crippen LogP contribution >= 0.6 is 0 Å². The van der Waals surface area contributed by atoms with E-state index in [0.29, 0.717) is 0 Å². The molecule has 0 fully saturated rings. The van der Waals surface area contributed by atoms with Gasteiger partial charge in [-0.15, -0.1) is 13.2 Å². The summed E-state index contributed by atoms with van der Waals surface area (Å²) in [7, 11) is -6.69. The van der Waals surface area contributed by atoms with E-state index < -0.39 is 33.9 Å². The first-order valence-corrected chi connectivity index (χ1v) is 4.76. The predicted octanol–water partition coefficient (Wildman–Crippen LogP) is -1.13. The van der Waals surface area contributed by atoms with Gasteiger partial charge in [0.1, 0.15) is 0 Å². The summed E-state index contributed by atoms with van der Waals surface area (Å²) in [4.78, 5) is 10.2. The largest absolute Gasteiger partial charge is 1.00 e. The second kappa shape index (κ2) is 5.81. The van der Waals surface area contributed by atoms with Crippen LogP contribution in [0.15, 0.2) is 0 Å². The molecule has 0 saturated carbocycles. The molecule has 0 atom stereocenters. The van der Waals surface area contributed by atoms with E-state index in [2.05, 4.69) is 0 Å². The number of alkyl halides is 8. The van der Waals surface area contributed by atoms with Gasteiger partial charge in [-0.3, -0.25) is 0 Å². The van der Waals surface area contributed by atoms with Crippen molar-refractivity contribution >= 4 is 15.9 Å². The van der Waals surface area contributed by atoms with Crippen LogP contribution in [-0.4, -0.2) is 32.3 Å². The molecular weight excluding hydrogens is 317 g/mol. The quantitative estimate of drug-likeness (QED) is 0.488. The van der Waals surface area contributed by atoms with E-state index in [4.69, 9.17) is 0 Å². The van der Waals surface area contributed by atoms with Crippen LogP contribution in [-0.2, 0) is 19.6 Å². The Hall–Kier alpha value is -0.583. The Balaban J connectivity index is 0. The van der Waals surface area contributed by atoms with Crippen LogP contribution in [0.5, 0.6) is 0 Å². The van der Waals surface area contributed by atoms with Crippen LogP contribution in [0.4, 0.5) is 35.1 Å². The topological polar surface area (TPSA) is 74.5 Å².